The lowest BCUT2D eigenvalue weighted by molar-refractivity contribution is 1.18. The number of anilines is 3. The van der Waals surface area contributed by atoms with Crippen molar-refractivity contribution in [2.45, 2.75) is 0 Å². The van der Waals surface area contributed by atoms with Gasteiger partial charge in [-0.3, -0.25) is 0 Å². The summed E-state index contributed by atoms with van der Waals surface area (Å²) in [5.74, 6) is 0. The van der Waals surface area contributed by atoms with E-state index in [2.05, 4.69) is 240 Å². The molecule has 0 unspecified atom stereocenters. The van der Waals surface area contributed by atoms with E-state index in [1.807, 2.05) is 0 Å². The summed E-state index contributed by atoms with van der Waals surface area (Å²) >= 11 is 0. The first kappa shape index (κ1) is 33.6. The molecule has 2 heteroatoms. The van der Waals surface area contributed by atoms with E-state index in [0.29, 0.717) is 0 Å². The fourth-order valence-electron chi connectivity index (χ4n) is 8.88. The number of rotatable bonds is 7. The standard InChI is InChI=1S/C56H38N2/c1-3-14-39(15-4-1)40-28-33-46(34-29-40)57(47-35-30-43(31-36-47)50-25-12-18-41-16-7-9-23-49(41)50)48-22-11-19-44(38-48)52-26-13-27-53-56(52)55-51-24-10-8-17-42(51)32-37-54(55)58(53)45-20-5-2-6-21-45/h1-38H. The van der Waals surface area contributed by atoms with Crippen LogP contribution in [0.5, 0.6) is 0 Å². The van der Waals surface area contributed by atoms with Gasteiger partial charge in [-0.2, -0.15) is 0 Å². The van der Waals surface area contributed by atoms with Crippen molar-refractivity contribution in [3.05, 3.63) is 231 Å². The first-order valence-corrected chi connectivity index (χ1v) is 19.9. The van der Waals surface area contributed by atoms with Crippen molar-refractivity contribution in [3.8, 4) is 39.1 Å². The molecule has 272 valence electrons. The Labute approximate surface area is 338 Å². The average molecular weight is 739 g/mol. The molecule has 0 amide bonds. The van der Waals surface area contributed by atoms with Crippen molar-refractivity contribution in [3.63, 3.8) is 0 Å². The molecule has 2 nitrogen and oxygen atoms in total. The zero-order chi connectivity index (χ0) is 38.4. The third-order valence-corrected chi connectivity index (χ3v) is 11.6. The second kappa shape index (κ2) is 14.1. The van der Waals surface area contributed by atoms with Gasteiger partial charge < -0.3 is 9.47 Å². The summed E-state index contributed by atoms with van der Waals surface area (Å²) in [5, 5.41) is 7.53. The lowest BCUT2D eigenvalue weighted by Crippen LogP contribution is -2.10. The van der Waals surface area contributed by atoms with Crippen LogP contribution in [-0.4, -0.2) is 4.57 Å². The van der Waals surface area contributed by atoms with E-state index < -0.39 is 0 Å². The summed E-state index contributed by atoms with van der Waals surface area (Å²) < 4.78 is 2.42. The SMILES string of the molecule is c1ccc(-c2ccc(N(c3ccc(-c4cccc5ccccc45)cc3)c3cccc(-c4cccc5c4c4c6ccccc6ccc4n5-c4ccccc4)c3)cc2)cc1. The van der Waals surface area contributed by atoms with Gasteiger partial charge in [-0.15, -0.1) is 0 Å². The molecule has 0 bridgehead atoms. The Hall–Kier alpha value is -7.68. The van der Waals surface area contributed by atoms with Crippen LogP contribution in [0.25, 0.3) is 82.4 Å². The minimum absolute atomic E-state index is 1.09. The van der Waals surface area contributed by atoms with Crippen LogP contribution in [0.4, 0.5) is 17.1 Å². The number of hydrogen-bond donors (Lipinski definition) is 0. The molecule has 11 rings (SSSR count). The van der Waals surface area contributed by atoms with Crippen LogP contribution in [0.1, 0.15) is 0 Å². The lowest BCUT2D eigenvalue weighted by Gasteiger charge is -2.26. The van der Waals surface area contributed by atoms with Crippen molar-refractivity contribution in [1.29, 1.82) is 0 Å². The van der Waals surface area contributed by atoms with Crippen LogP contribution >= 0.6 is 0 Å². The van der Waals surface area contributed by atoms with E-state index in [1.54, 1.807) is 0 Å². The Bertz CT molecular complexity index is 3250. The second-order valence-electron chi connectivity index (χ2n) is 14.9. The number of fused-ring (bicyclic) bond motifs is 6. The van der Waals surface area contributed by atoms with E-state index in [0.717, 1.165) is 22.7 Å². The van der Waals surface area contributed by atoms with Crippen molar-refractivity contribution in [2.75, 3.05) is 4.90 Å². The molecule has 0 saturated carbocycles. The largest absolute Gasteiger partial charge is 0.310 e. The molecule has 1 heterocycles. The Balaban J connectivity index is 1.09. The van der Waals surface area contributed by atoms with Crippen molar-refractivity contribution in [1.82, 2.24) is 4.57 Å². The highest BCUT2D eigenvalue weighted by molar-refractivity contribution is 6.25. The molecule has 11 aromatic rings. The van der Waals surface area contributed by atoms with Gasteiger partial charge in [0.05, 0.1) is 11.0 Å². The van der Waals surface area contributed by atoms with Gasteiger partial charge in [0.15, 0.2) is 0 Å². The summed E-state index contributed by atoms with van der Waals surface area (Å²) in [6, 6.07) is 83.6. The topological polar surface area (TPSA) is 8.17 Å². The Kier molecular flexibility index (Phi) is 8.19. The Morgan fingerprint density at radius 3 is 1.59 bits per heavy atom. The number of para-hydroxylation sites is 1. The minimum Gasteiger partial charge on any atom is -0.310 e. The van der Waals surface area contributed by atoms with Crippen LogP contribution in [0, 0.1) is 0 Å². The van der Waals surface area contributed by atoms with Crippen LogP contribution in [-0.2, 0) is 0 Å². The summed E-state index contributed by atoms with van der Waals surface area (Å²) in [6.45, 7) is 0. The van der Waals surface area contributed by atoms with Gasteiger partial charge in [-0.1, -0.05) is 170 Å². The highest BCUT2D eigenvalue weighted by Crippen LogP contribution is 2.44. The van der Waals surface area contributed by atoms with E-state index in [9.17, 15) is 0 Å². The average Bonchev–Trinajstić information content (AvgIpc) is 3.65. The molecule has 0 saturated heterocycles. The van der Waals surface area contributed by atoms with Gasteiger partial charge in [0.1, 0.15) is 0 Å². The molecule has 0 fully saturated rings. The van der Waals surface area contributed by atoms with Crippen molar-refractivity contribution < 1.29 is 0 Å². The smallest absolute Gasteiger partial charge is 0.0547 e. The zero-order valence-corrected chi connectivity index (χ0v) is 31.8. The maximum Gasteiger partial charge on any atom is 0.0547 e. The molecule has 0 N–H and O–H groups in total. The van der Waals surface area contributed by atoms with Gasteiger partial charge in [-0.05, 0) is 116 Å². The molecular weight excluding hydrogens is 701 g/mol. The molecule has 0 spiro atoms. The van der Waals surface area contributed by atoms with Gasteiger partial charge in [0.25, 0.3) is 0 Å². The highest BCUT2D eigenvalue weighted by atomic mass is 15.1. The molecule has 0 aliphatic carbocycles. The molecular formula is C56H38N2. The van der Waals surface area contributed by atoms with Crippen molar-refractivity contribution >= 4 is 60.4 Å². The zero-order valence-electron chi connectivity index (χ0n) is 31.8. The summed E-state index contributed by atoms with van der Waals surface area (Å²) in [6.07, 6.45) is 0. The first-order valence-electron chi connectivity index (χ1n) is 19.9. The molecule has 0 aliphatic rings. The number of nitrogens with zero attached hydrogens (tertiary/aromatic N) is 2. The fraction of sp³-hybridized carbons (Fsp3) is 0. The van der Waals surface area contributed by atoms with Crippen LogP contribution in [0.2, 0.25) is 0 Å². The molecule has 10 aromatic carbocycles. The maximum atomic E-state index is 2.42. The summed E-state index contributed by atoms with van der Waals surface area (Å²) in [7, 11) is 0. The summed E-state index contributed by atoms with van der Waals surface area (Å²) in [5.41, 5.74) is 14.0. The molecule has 0 atom stereocenters. The van der Waals surface area contributed by atoms with E-state index in [-0.39, 0.29) is 0 Å². The van der Waals surface area contributed by atoms with E-state index in [1.165, 1.54) is 76.7 Å². The molecule has 0 radical (unpaired) electrons. The number of benzene rings is 10. The fourth-order valence-corrected chi connectivity index (χ4v) is 8.88. The number of aromatic nitrogens is 1. The second-order valence-corrected chi connectivity index (χ2v) is 14.9. The predicted molar refractivity (Wildman–Crippen MR) is 247 cm³/mol. The third-order valence-electron chi connectivity index (χ3n) is 11.6. The van der Waals surface area contributed by atoms with Gasteiger partial charge in [-0.25, -0.2) is 0 Å². The van der Waals surface area contributed by atoms with Crippen LogP contribution in [0.3, 0.4) is 0 Å². The van der Waals surface area contributed by atoms with E-state index >= 15 is 0 Å². The van der Waals surface area contributed by atoms with Gasteiger partial charge in [0, 0.05) is 33.5 Å². The van der Waals surface area contributed by atoms with Crippen molar-refractivity contribution in [2.24, 2.45) is 0 Å². The van der Waals surface area contributed by atoms with E-state index in [4.69, 9.17) is 0 Å². The Morgan fingerprint density at radius 2 is 0.828 bits per heavy atom. The van der Waals surface area contributed by atoms with Crippen LogP contribution in [0.15, 0.2) is 231 Å². The summed E-state index contributed by atoms with van der Waals surface area (Å²) in [4.78, 5) is 2.38. The van der Waals surface area contributed by atoms with Gasteiger partial charge in [0.2, 0.25) is 0 Å². The number of hydrogen-bond acceptors (Lipinski definition) is 1. The third kappa shape index (κ3) is 5.74. The first-order chi connectivity index (χ1) is 28.8. The Morgan fingerprint density at radius 1 is 0.293 bits per heavy atom. The van der Waals surface area contributed by atoms with Crippen LogP contribution < -0.4 is 4.90 Å². The highest BCUT2D eigenvalue weighted by Gasteiger charge is 2.20. The quantitative estimate of drug-likeness (QED) is 0.158. The maximum absolute atomic E-state index is 2.42. The normalized spacial score (nSPS) is 11.4. The molecule has 1 aromatic heterocycles. The predicted octanol–water partition coefficient (Wildman–Crippen LogP) is 15.6. The molecule has 58 heavy (non-hydrogen) atoms. The van der Waals surface area contributed by atoms with Gasteiger partial charge >= 0.3 is 0 Å². The minimum atomic E-state index is 1.09. The monoisotopic (exact) mass is 738 g/mol. The molecule has 0 aliphatic heterocycles. The lowest BCUT2D eigenvalue weighted by atomic mass is 9.96.